The van der Waals surface area contributed by atoms with Crippen LogP contribution in [0.5, 0.6) is 0 Å². The van der Waals surface area contributed by atoms with E-state index in [1.165, 1.54) is 6.20 Å². The zero-order valence-corrected chi connectivity index (χ0v) is 13.1. The molecule has 0 radical (unpaired) electrons. The predicted molar refractivity (Wildman–Crippen MR) is 75.4 cm³/mol. The highest BCUT2D eigenvalue weighted by molar-refractivity contribution is 7.46. The SMILES string of the molecule is C[C@H]1C[C@]2(COP(=O)(O)O)O[C@@H](n3ccc(=O)[nH]c3=O)[C@H]1[C@@H]2O. The van der Waals surface area contributed by atoms with Crippen LogP contribution in [0.15, 0.2) is 21.9 Å². The molecule has 1 aromatic heterocycles. The van der Waals surface area contributed by atoms with Crippen molar-refractivity contribution in [1.82, 2.24) is 9.55 Å². The highest BCUT2D eigenvalue weighted by Gasteiger charge is 2.63. The second-order valence-corrected chi connectivity index (χ2v) is 7.30. The largest absolute Gasteiger partial charge is 0.469 e. The van der Waals surface area contributed by atoms with Crippen molar-refractivity contribution >= 4 is 7.82 Å². The van der Waals surface area contributed by atoms with Crippen molar-refractivity contribution in [2.75, 3.05) is 6.61 Å². The summed E-state index contributed by atoms with van der Waals surface area (Å²) in [6, 6.07) is 1.16. The Hall–Kier alpha value is -1.29. The Bertz CT molecular complexity index is 769. The summed E-state index contributed by atoms with van der Waals surface area (Å²) in [5.74, 6) is -0.526. The fourth-order valence-corrected chi connectivity index (χ4v) is 3.97. The highest BCUT2D eigenvalue weighted by Crippen LogP contribution is 2.56. The molecule has 4 N–H and O–H groups in total. The number of nitrogens with one attached hydrogen (secondary N) is 1. The van der Waals surface area contributed by atoms with E-state index >= 15 is 0 Å². The molecule has 128 valence electrons. The molecule has 11 heteroatoms. The lowest BCUT2D eigenvalue weighted by molar-refractivity contribution is -0.147. The first-order valence-electron chi connectivity index (χ1n) is 7.00. The molecule has 3 rings (SSSR count). The summed E-state index contributed by atoms with van der Waals surface area (Å²) in [6.45, 7) is 1.35. The van der Waals surface area contributed by atoms with Gasteiger partial charge in [0.1, 0.15) is 11.8 Å². The van der Waals surface area contributed by atoms with Crippen LogP contribution in [0.2, 0.25) is 0 Å². The molecule has 1 aliphatic heterocycles. The summed E-state index contributed by atoms with van der Waals surface area (Å²) in [5, 5.41) is 10.5. The van der Waals surface area contributed by atoms with Crippen LogP contribution < -0.4 is 11.2 Å². The molecule has 23 heavy (non-hydrogen) atoms. The van der Waals surface area contributed by atoms with Crippen LogP contribution in [-0.2, 0) is 13.8 Å². The topological polar surface area (TPSA) is 151 Å². The van der Waals surface area contributed by atoms with Crippen molar-refractivity contribution in [3.8, 4) is 0 Å². The van der Waals surface area contributed by atoms with Gasteiger partial charge in [-0.05, 0) is 12.3 Å². The molecule has 2 bridgehead atoms. The average molecular weight is 348 g/mol. The third kappa shape index (κ3) is 2.82. The molecule has 1 saturated carbocycles. The summed E-state index contributed by atoms with van der Waals surface area (Å²) in [7, 11) is -4.72. The molecule has 1 saturated heterocycles. The lowest BCUT2D eigenvalue weighted by atomic mass is 9.95. The van der Waals surface area contributed by atoms with Crippen LogP contribution in [0, 0.1) is 11.8 Å². The number of aliphatic hydroxyl groups is 1. The van der Waals surface area contributed by atoms with Crippen molar-refractivity contribution in [2.45, 2.75) is 31.3 Å². The van der Waals surface area contributed by atoms with E-state index in [2.05, 4.69) is 9.51 Å². The maximum absolute atomic E-state index is 11.9. The molecule has 0 spiro atoms. The second-order valence-electron chi connectivity index (χ2n) is 6.06. The van der Waals surface area contributed by atoms with Gasteiger partial charge >= 0.3 is 13.5 Å². The fraction of sp³-hybridized carbons (Fsp3) is 0.667. The zero-order chi connectivity index (χ0) is 17.0. The third-order valence-electron chi connectivity index (χ3n) is 4.52. The standard InChI is InChI=1S/C12H17N2O8P/c1-6-4-12(5-21-23(18,19)20)9(16)8(6)10(22-12)14-3-2-7(15)13-11(14)17/h2-3,6,8-10,16H,4-5H2,1H3,(H,13,15,17)(H2,18,19,20)/t6-,8+,9-,10+,12+/m0/s1. The number of aliphatic hydroxyl groups excluding tert-OH is 1. The zero-order valence-electron chi connectivity index (χ0n) is 12.2. The molecule has 2 aliphatic rings. The summed E-state index contributed by atoms with van der Waals surface area (Å²) >= 11 is 0. The van der Waals surface area contributed by atoms with E-state index in [0.29, 0.717) is 6.42 Å². The number of rotatable bonds is 4. The van der Waals surface area contributed by atoms with E-state index in [4.69, 9.17) is 14.5 Å². The number of hydrogen-bond acceptors (Lipinski definition) is 6. The minimum atomic E-state index is -4.72. The smallest absolute Gasteiger partial charge is 0.390 e. The van der Waals surface area contributed by atoms with Crippen LogP contribution in [-0.4, -0.2) is 42.8 Å². The molecule has 10 nitrogen and oxygen atoms in total. The molecular weight excluding hydrogens is 331 g/mol. The number of hydrogen-bond donors (Lipinski definition) is 4. The number of phosphoric ester groups is 1. The first-order valence-corrected chi connectivity index (χ1v) is 8.53. The summed E-state index contributed by atoms with van der Waals surface area (Å²) in [5.41, 5.74) is -2.53. The van der Waals surface area contributed by atoms with Crippen molar-refractivity contribution in [2.24, 2.45) is 11.8 Å². The van der Waals surface area contributed by atoms with Gasteiger partial charge in [-0.2, -0.15) is 0 Å². The number of fused-ring (bicyclic) bond motifs is 2. The molecule has 0 unspecified atom stereocenters. The number of H-pyrrole nitrogens is 1. The Morgan fingerprint density at radius 3 is 2.83 bits per heavy atom. The Morgan fingerprint density at radius 1 is 1.52 bits per heavy atom. The molecule has 2 heterocycles. The maximum atomic E-state index is 11.9. The number of ether oxygens (including phenoxy) is 1. The van der Waals surface area contributed by atoms with Gasteiger partial charge in [0, 0.05) is 18.2 Å². The Balaban J connectivity index is 1.93. The molecule has 0 aromatic carbocycles. The second kappa shape index (κ2) is 5.37. The van der Waals surface area contributed by atoms with Gasteiger partial charge in [0.25, 0.3) is 5.56 Å². The molecule has 1 aliphatic carbocycles. The highest BCUT2D eigenvalue weighted by atomic mass is 31.2. The van der Waals surface area contributed by atoms with E-state index in [9.17, 15) is 19.3 Å². The number of aromatic amines is 1. The summed E-state index contributed by atoms with van der Waals surface area (Å²) < 4.78 is 22.4. The van der Waals surface area contributed by atoms with Crippen molar-refractivity contribution in [3.63, 3.8) is 0 Å². The fourth-order valence-electron chi connectivity index (χ4n) is 3.58. The summed E-state index contributed by atoms with van der Waals surface area (Å²) in [6.07, 6.45) is -0.289. The van der Waals surface area contributed by atoms with E-state index in [0.717, 1.165) is 10.6 Å². The molecule has 5 atom stereocenters. The van der Waals surface area contributed by atoms with Crippen LogP contribution in [0.4, 0.5) is 0 Å². The van der Waals surface area contributed by atoms with Gasteiger partial charge in [-0.25, -0.2) is 9.36 Å². The van der Waals surface area contributed by atoms with Crippen molar-refractivity contribution in [3.05, 3.63) is 33.1 Å². The monoisotopic (exact) mass is 348 g/mol. The van der Waals surface area contributed by atoms with Gasteiger partial charge in [0.15, 0.2) is 0 Å². The third-order valence-corrected chi connectivity index (χ3v) is 4.98. The van der Waals surface area contributed by atoms with E-state index in [1.54, 1.807) is 0 Å². The van der Waals surface area contributed by atoms with Gasteiger partial charge in [-0.3, -0.25) is 18.9 Å². The quantitative estimate of drug-likeness (QED) is 0.502. The minimum Gasteiger partial charge on any atom is -0.390 e. The molecule has 0 amide bonds. The molecule has 1 aromatic rings. The van der Waals surface area contributed by atoms with Crippen LogP contribution >= 0.6 is 7.82 Å². The van der Waals surface area contributed by atoms with Gasteiger partial charge in [0.2, 0.25) is 0 Å². The van der Waals surface area contributed by atoms with Gasteiger partial charge in [-0.1, -0.05) is 6.92 Å². The number of phosphoric acid groups is 1. The van der Waals surface area contributed by atoms with E-state index in [-0.39, 0.29) is 5.92 Å². The lowest BCUT2D eigenvalue weighted by Gasteiger charge is -2.33. The summed E-state index contributed by atoms with van der Waals surface area (Å²) in [4.78, 5) is 42.9. The normalized spacial score (nSPS) is 36.5. The minimum absolute atomic E-state index is 0.0667. The lowest BCUT2D eigenvalue weighted by Crippen LogP contribution is -2.42. The number of aromatic nitrogens is 2. The van der Waals surface area contributed by atoms with Gasteiger partial charge in [-0.15, -0.1) is 0 Å². The molecule has 2 fully saturated rings. The van der Waals surface area contributed by atoms with Crippen LogP contribution in [0.3, 0.4) is 0 Å². The van der Waals surface area contributed by atoms with Gasteiger partial charge in [0.05, 0.1) is 12.7 Å². The average Bonchev–Trinajstić information content (AvgIpc) is 2.83. The van der Waals surface area contributed by atoms with E-state index < -0.39 is 49.5 Å². The molecular formula is C12H17N2O8P. The van der Waals surface area contributed by atoms with Crippen molar-refractivity contribution in [1.29, 1.82) is 0 Å². The van der Waals surface area contributed by atoms with Crippen molar-refractivity contribution < 1.29 is 28.7 Å². The predicted octanol–water partition coefficient (Wildman–Crippen LogP) is -1.07. The van der Waals surface area contributed by atoms with Gasteiger partial charge < -0.3 is 19.6 Å². The van der Waals surface area contributed by atoms with Crippen LogP contribution in [0.25, 0.3) is 0 Å². The Kier molecular flexibility index (Phi) is 3.87. The number of nitrogens with zero attached hydrogens (tertiary/aromatic N) is 1. The van der Waals surface area contributed by atoms with Crippen LogP contribution in [0.1, 0.15) is 19.6 Å². The Labute approximate surface area is 129 Å². The first kappa shape index (κ1) is 16.6. The maximum Gasteiger partial charge on any atom is 0.469 e. The first-order chi connectivity index (χ1) is 10.6. The van der Waals surface area contributed by atoms with E-state index in [1.807, 2.05) is 6.92 Å². The Morgan fingerprint density at radius 2 is 2.22 bits per heavy atom.